The van der Waals surface area contributed by atoms with Gasteiger partial charge in [0.15, 0.2) is 0 Å². The van der Waals surface area contributed by atoms with Gasteiger partial charge in [-0.3, -0.25) is 14.9 Å². The van der Waals surface area contributed by atoms with E-state index in [1.54, 1.807) is 0 Å². The molecule has 1 aromatic rings. The van der Waals surface area contributed by atoms with Crippen molar-refractivity contribution in [3.63, 3.8) is 0 Å². The Bertz CT molecular complexity index is 490. The summed E-state index contributed by atoms with van der Waals surface area (Å²) < 4.78 is 0. The topological polar surface area (TPSA) is 131 Å². The Morgan fingerprint density at radius 3 is 2.63 bits per heavy atom. The first-order chi connectivity index (χ1) is 8.81. The Morgan fingerprint density at radius 1 is 1.58 bits per heavy atom. The molecule has 8 heteroatoms. The van der Waals surface area contributed by atoms with Crippen LogP contribution in [0.4, 0.5) is 17.3 Å². The van der Waals surface area contributed by atoms with E-state index in [4.69, 9.17) is 10.8 Å². The van der Waals surface area contributed by atoms with E-state index >= 15 is 0 Å². The first-order valence-electron chi connectivity index (χ1n) is 5.70. The molecule has 4 N–H and O–H groups in total. The first-order valence-corrected chi connectivity index (χ1v) is 5.70. The fourth-order valence-electron chi connectivity index (χ4n) is 1.53. The summed E-state index contributed by atoms with van der Waals surface area (Å²) in [6, 6.07) is 2.32. The number of nitrogen functional groups attached to an aromatic ring is 1. The summed E-state index contributed by atoms with van der Waals surface area (Å²) in [7, 11) is 0. The second kappa shape index (κ2) is 5.98. The molecule has 0 spiro atoms. The number of nitrogens with two attached hydrogens (primary N) is 1. The van der Waals surface area contributed by atoms with E-state index < -0.39 is 10.9 Å². The van der Waals surface area contributed by atoms with Crippen molar-refractivity contribution in [1.82, 2.24) is 4.98 Å². The zero-order valence-corrected chi connectivity index (χ0v) is 10.7. The van der Waals surface area contributed by atoms with E-state index in [2.05, 4.69) is 10.3 Å². The van der Waals surface area contributed by atoms with Crippen LogP contribution in [0.5, 0.6) is 0 Å². The van der Waals surface area contributed by atoms with Crippen LogP contribution in [0.1, 0.15) is 20.3 Å². The number of nitrogens with zero attached hydrogens (tertiary/aromatic N) is 2. The maximum atomic E-state index is 10.7. The number of hydrogen-bond acceptors (Lipinski definition) is 6. The van der Waals surface area contributed by atoms with Gasteiger partial charge in [0.25, 0.3) is 0 Å². The summed E-state index contributed by atoms with van der Waals surface area (Å²) in [6.07, 6.45) is -0.0732. The third-order valence-corrected chi connectivity index (χ3v) is 2.63. The largest absolute Gasteiger partial charge is 0.481 e. The summed E-state index contributed by atoms with van der Waals surface area (Å²) in [5, 5.41) is 22.3. The highest BCUT2D eigenvalue weighted by Gasteiger charge is 2.19. The Labute approximate surface area is 109 Å². The van der Waals surface area contributed by atoms with Gasteiger partial charge in [-0.05, 0) is 12.0 Å². The van der Waals surface area contributed by atoms with Gasteiger partial charge in [0.05, 0.1) is 11.3 Å². The molecule has 0 aliphatic heterocycles. The van der Waals surface area contributed by atoms with Crippen LogP contribution in [0, 0.1) is 16.0 Å². The molecule has 0 aliphatic carbocycles. The van der Waals surface area contributed by atoms with Crippen LogP contribution in [0.2, 0.25) is 0 Å². The van der Waals surface area contributed by atoms with Gasteiger partial charge < -0.3 is 16.2 Å². The molecule has 0 aliphatic rings. The highest BCUT2D eigenvalue weighted by atomic mass is 16.6. The van der Waals surface area contributed by atoms with Crippen LogP contribution in [0.15, 0.2) is 12.1 Å². The van der Waals surface area contributed by atoms with Crippen LogP contribution in [-0.2, 0) is 4.79 Å². The summed E-state index contributed by atoms with van der Waals surface area (Å²) in [5.74, 6) is -0.744. The summed E-state index contributed by atoms with van der Waals surface area (Å²) in [5.41, 5.74) is 5.19. The third kappa shape index (κ3) is 4.09. The lowest BCUT2D eigenvalue weighted by atomic mass is 10.0. The van der Waals surface area contributed by atoms with Crippen LogP contribution in [0.3, 0.4) is 0 Å². The lowest BCUT2D eigenvalue weighted by molar-refractivity contribution is -0.384. The number of carboxylic acids is 1. The molecule has 1 unspecified atom stereocenters. The van der Waals surface area contributed by atoms with Gasteiger partial charge >= 0.3 is 11.7 Å². The summed E-state index contributed by atoms with van der Waals surface area (Å²) in [4.78, 5) is 24.6. The van der Waals surface area contributed by atoms with Gasteiger partial charge in [0.2, 0.25) is 5.82 Å². The van der Waals surface area contributed by atoms with Gasteiger partial charge in [-0.25, -0.2) is 4.98 Å². The molecule has 0 saturated heterocycles. The van der Waals surface area contributed by atoms with Gasteiger partial charge in [0, 0.05) is 12.1 Å². The summed E-state index contributed by atoms with van der Waals surface area (Å²) >= 11 is 0. The SMILES string of the molecule is CC(C)C(CC(=O)O)Nc1ccc([N+](=O)[O-])c(N)n1. The van der Waals surface area contributed by atoms with Gasteiger partial charge in [-0.2, -0.15) is 0 Å². The number of aromatic nitrogens is 1. The van der Waals surface area contributed by atoms with Crippen molar-refractivity contribution in [3.05, 3.63) is 22.2 Å². The number of rotatable bonds is 6. The zero-order chi connectivity index (χ0) is 14.6. The second-order valence-electron chi connectivity index (χ2n) is 4.45. The van der Waals surface area contributed by atoms with Crippen molar-refractivity contribution in [3.8, 4) is 0 Å². The van der Waals surface area contributed by atoms with Crippen molar-refractivity contribution >= 4 is 23.3 Å². The van der Waals surface area contributed by atoms with Crippen molar-refractivity contribution in [2.45, 2.75) is 26.3 Å². The van der Waals surface area contributed by atoms with Crippen LogP contribution < -0.4 is 11.1 Å². The highest BCUT2D eigenvalue weighted by molar-refractivity contribution is 5.68. The van der Waals surface area contributed by atoms with Crippen molar-refractivity contribution < 1.29 is 14.8 Å². The van der Waals surface area contributed by atoms with Gasteiger partial charge in [0.1, 0.15) is 5.82 Å². The van der Waals surface area contributed by atoms with Crippen LogP contribution >= 0.6 is 0 Å². The van der Waals surface area contributed by atoms with Gasteiger partial charge in [-0.15, -0.1) is 0 Å². The van der Waals surface area contributed by atoms with Crippen molar-refractivity contribution in [2.24, 2.45) is 5.92 Å². The Balaban J connectivity index is 2.88. The quantitative estimate of drug-likeness (QED) is 0.525. The fourth-order valence-corrected chi connectivity index (χ4v) is 1.53. The third-order valence-electron chi connectivity index (χ3n) is 2.63. The molecule has 1 rings (SSSR count). The molecule has 1 heterocycles. The molecule has 0 fully saturated rings. The number of carbonyl (C=O) groups is 1. The molecular formula is C11H16N4O4. The van der Waals surface area contributed by atoms with Crippen molar-refractivity contribution in [2.75, 3.05) is 11.1 Å². The maximum absolute atomic E-state index is 10.7. The van der Waals surface area contributed by atoms with Crippen molar-refractivity contribution in [1.29, 1.82) is 0 Å². The molecule has 1 atom stereocenters. The Kier molecular flexibility index (Phi) is 4.62. The predicted octanol–water partition coefficient (Wildman–Crippen LogP) is 1.48. The van der Waals surface area contributed by atoms with Crippen LogP contribution in [0.25, 0.3) is 0 Å². The minimum atomic E-state index is -0.930. The smallest absolute Gasteiger partial charge is 0.311 e. The number of carboxylic acid groups (broad SMARTS) is 1. The van der Waals surface area contributed by atoms with E-state index in [-0.39, 0.29) is 29.9 Å². The lowest BCUT2D eigenvalue weighted by Gasteiger charge is -2.21. The monoisotopic (exact) mass is 268 g/mol. The highest BCUT2D eigenvalue weighted by Crippen LogP contribution is 2.22. The van der Waals surface area contributed by atoms with Gasteiger partial charge in [-0.1, -0.05) is 13.8 Å². The number of nitrogens with one attached hydrogen (secondary N) is 1. The molecule has 0 bridgehead atoms. The minimum Gasteiger partial charge on any atom is -0.481 e. The first kappa shape index (κ1) is 14.7. The number of anilines is 2. The van der Waals surface area contributed by atoms with Crippen LogP contribution in [-0.4, -0.2) is 27.0 Å². The summed E-state index contributed by atoms with van der Waals surface area (Å²) in [6.45, 7) is 3.74. The molecule has 19 heavy (non-hydrogen) atoms. The number of nitro groups is 1. The van der Waals surface area contributed by atoms with E-state index in [0.717, 1.165) is 0 Å². The lowest BCUT2D eigenvalue weighted by Crippen LogP contribution is -2.29. The maximum Gasteiger partial charge on any atom is 0.311 e. The molecule has 0 saturated carbocycles. The molecular weight excluding hydrogens is 252 g/mol. The second-order valence-corrected chi connectivity index (χ2v) is 4.45. The van der Waals surface area contributed by atoms with E-state index in [1.807, 2.05) is 13.8 Å². The molecule has 0 amide bonds. The fraction of sp³-hybridized carbons (Fsp3) is 0.455. The Hall–Kier alpha value is -2.38. The predicted molar refractivity (Wildman–Crippen MR) is 69.8 cm³/mol. The Morgan fingerprint density at radius 2 is 2.21 bits per heavy atom. The molecule has 1 aromatic heterocycles. The minimum absolute atomic E-state index is 0.0642. The number of hydrogen-bond donors (Lipinski definition) is 3. The molecule has 104 valence electrons. The zero-order valence-electron chi connectivity index (χ0n) is 10.7. The average molecular weight is 268 g/mol. The molecule has 0 aromatic carbocycles. The van der Waals surface area contributed by atoms with E-state index in [9.17, 15) is 14.9 Å². The van der Waals surface area contributed by atoms with E-state index in [0.29, 0.717) is 5.82 Å². The molecule has 8 nitrogen and oxygen atoms in total. The number of aliphatic carboxylic acids is 1. The molecule has 0 radical (unpaired) electrons. The number of pyridine rings is 1. The normalized spacial score (nSPS) is 12.2. The standard InChI is InChI=1S/C11H16N4O4/c1-6(2)7(5-10(16)17)13-9-4-3-8(15(18)19)11(12)14-9/h3-4,6-7H,5H2,1-2H3,(H,16,17)(H3,12,13,14). The average Bonchev–Trinajstić information content (AvgIpc) is 2.26. The van der Waals surface area contributed by atoms with E-state index in [1.165, 1.54) is 12.1 Å².